The van der Waals surface area contributed by atoms with Gasteiger partial charge in [0, 0.05) is 23.5 Å². The minimum absolute atomic E-state index is 0.0788. The van der Waals surface area contributed by atoms with Gasteiger partial charge in [0.05, 0.1) is 13.2 Å². The molecular formula is C21H25NO3S. The molecule has 0 saturated carbocycles. The molecule has 138 valence electrons. The molecule has 1 amide bonds. The highest BCUT2D eigenvalue weighted by Crippen LogP contribution is 2.34. The summed E-state index contributed by atoms with van der Waals surface area (Å²) < 4.78 is 11.4. The SMILES string of the molecule is CCOc1cc2c(cc1OCC)CN(C(=O)c1ccc(SC)cc1)CC2. The van der Waals surface area contributed by atoms with Gasteiger partial charge in [0.25, 0.3) is 5.91 Å². The van der Waals surface area contributed by atoms with Crippen LogP contribution in [0, 0.1) is 0 Å². The minimum atomic E-state index is 0.0788. The molecule has 2 aromatic carbocycles. The first-order valence-corrected chi connectivity index (χ1v) is 10.2. The van der Waals surface area contributed by atoms with Crippen molar-refractivity contribution in [2.45, 2.75) is 31.7 Å². The first-order chi connectivity index (χ1) is 12.7. The highest BCUT2D eigenvalue weighted by Gasteiger charge is 2.23. The van der Waals surface area contributed by atoms with Gasteiger partial charge in [0.15, 0.2) is 11.5 Å². The number of fused-ring (bicyclic) bond motifs is 1. The normalized spacial score (nSPS) is 13.3. The van der Waals surface area contributed by atoms with Gasteiger partial charge in [-0.25, -0.2) is 0 Å². The number of nitrogens with zero attached hydrogens (tertiary/aromatic N) is 1. The molecule has 0 aliphatic carbocycles. The Morgan fingerprint density at radius 2 is 1.65 bits per heavy atom. The van der Waals surface area contributed by atoms with Crippen molar-refractivity contribution in [1.82, 2.24) is 4.90 Å². The summed E-state index contributed by atoms with van der Waals surface area (Å²) in [7, 11) is 0. The zero-order valence-corrected chi connectivity index (χ0v) is 16.4. The number of rotatable bonds is 6. The molecule has 4 nitrogen and oxygen atoms in total. The van der Waals surface area contributed by atoms with Gasteiger partial charge in [-0.2, -0.15) is 0 Å². The van der Waals surface area contributed by atoms with Crippen LogP contribution < -0.4 is 9.47 Å². The second-order valence-electron chi connectivity index (χ2n) is 6.14. The fourth-order valence-electron chi connectivity index (χ4n) is 3.19. The summed E-state index contributed by atoms with van der Waals surface area (Å²) in [6, 6.07) is 11.9. The number of ether oxygens (including phenoxy) is 2. The number of benzene rings is 2. The average molecular weight is 372 g/mol. The number of amides is 1. The van der Waals surface area contributed by atoms with Crippen LogP contribution >= 0.6 is 11.8 Å². The van der Waals surface area contributed by atoms with E-state index in [0.717, 1.165) is 40.5 Å². The summed E-state index contributed by atoms with van der Waals surface area (Å²) in [6.45, 7) is 6.44. The van der Waals surface area contributed by atoms with Crippen LogP contribution in [0.25, 0.3) is 0 Å². The third-order valence-corrected chi connectivity index (χ3v) is 5.25. The van der Waals surface area contributed by atoms with Crippen LogP contribution in [0.5, 0.6) is 11.5 Å². The lowest BCUT2D eigenvalue weighted by Gasteiger charge is -2.30. The number of hydrogen-bond donors (Lipinski definition) is 0. The summed E-state index contributed by atoms with van der Waals surface area (Å²) >= 11 is 1.68. The Bertz CT molecular complexity index is 774. The Kier molecular flexibility index (Phi) is 6.09. The molecule has 0 radical (unpaired) electrons. The van der Waals surface area contributed by atoms with E-state index in [1.54, 1.807) is 11.8 Å². The number of carbonyl (C=O) groups excluding carboxylic acids is 1. The van der Waals surface area contributed by atoms with E-state index in [0.29, 0.717) is 19.8 Å². The molecule has 0 aromatic heterocycles. The van der Waals surface area contributed by atoms with Crippen LogP contribution in [-0.4, -0.2) is 36.8 Å². The molecule has 0 atom stereocenters. The van der Waals surface area contributed by atoms with Crippen molar-refractivity contribution in [2.75, 3.05) is 26.0 Å². The molecule has 1 aliphatic heterocycles. The van der Waals surface area contributed by atoms with Crippen molar-refractivity contribution in [3.8, 4) is 11.5 Å². The van der Waals surface area contributed by atoms with Crippen LogP contribution in [0.3, 0.4) is 0 Å². The molecular weight excluding hydrogens is 346 g/mol. The Morgan fingerprint density at radius 1 is 1.04 bits per heavy atom. The molecule has 0 fully saturated rings. The number of carbonyl (C=O) groups is 1. The lowest BCUT2D eigenvalue weighted by atomic mass is 9.98. The summed E-state index contributed by atoms with van der Waals surface area (Å²) in [5, 5.41) is 0. The summed E-state index contributed by atoms with van der Waals surface area (Å²) in [5.41, 5.74) is 3.11. The maximum absolute atomic E-state index is 12.9. The van der Waals surface area contributed by atoms with Crippen molar-refractivity contribution in [1.29, 1.82) is 0 Å². The van der Waals surface area contributed by atoms with Gasteiger partial charge in [-0.1, -0.05) is 0 Å². The topological polar surface area (TPSA) is 38.8 Å². The van der Waals surface area contributed by atoms with Crippen molar-refractivity contribution in [3.63, 3.8) is 0 Å². The predicted molar refractivity (Wildman–Crippen MR) is 105 cm³/mol. The van der Waals surface area contributed by atoms with Crippen LogP contribution in [0.2, 0.25) is 0 Å². The van der Waals surface area contributed by atoms with E-state index in [-0.39, 0.29) is 5.91 Å². The lowest BCUT2D eigenvalue weighted by Crippen LogP contribution is -2.36. The molecule has 0 bridgehead atoms. The maximum atomic E-state index is 12.9. The van der Waals surface area contributed by atoms with Gasteiger partial charge in [0.1, 0.15) is 0 Å². The fourth-order valence-corrected chi connectivity index (χ4v) is 3.60. The van der Waals surface area contributed by atoms with Gasteiger partial charge in [-0.05, 0) is 74.0 Å². The molecule has 1 aliphatic rings. The van der Waals surface area contributed by atoms with Crippen molar-refractivity contribution in [2.24, 2.45) is 0 Å². The minimum Gasteiger partial charge on any atom is -0.490 e. The molecule has 0 unspecified atom stereocenters. The average Bonchev–Trinajstić information content (AvgIpc) is 2.68. The first kappa shape index (κ1) is 18.6. The van der Waals surface area contributed by atoms with E-state index in [1.165, 1.54) is 5.56 Å². The molecule has 3 rings (SSSR count). The van der Waals surface area contributed by atoms with Crippen molar-refractivity contribution in [3.05, 3.63) is 53.1 Å². The Labute approximate surface area is 159 Å². The van der Waals surface area contributed by atoms with Crippen LogP contribution in [0.4, 0.5) is 0 Å². The van der Waals surface area contributed by atoms with E-state index in [4.69, 9.17) is 9.47 Å². The van der Waals surface area contributed by atoms with E-state index in [9.17, 15) is 4.79 Å². The van der Waals surface area contributed by atoms with Crippen LogP contribution in [-0.2, 0) is 13.0 Å². The van der Waals surface area contributed by atoms with Gasteiger partial charge in [-0.15, -0.1) is 11.8 Å². The Balaban J connectivity index is 1.81. The van der Waals surface area contributed by atoms with Gasteiger partial charge < -0.3 is 14.4 Å². The predicted octanol–water partition coefficient (Wildman–Crippen LogP) is 4.40. The van der Waals surface area contributed by atoms with Crippen LogP contribution in [0.15, 0.2) is 41.3 Å². The lowest BCUT2D eigenvalue weighted by molar-refractivity contribution is 0.0734. The maximum Gasteiger partial charge on any atom is 0.254 e. The third-order valence-electron chi connectivity index (χ3n) is 4.50. The summed E-state index contributed by atoms with van der Waals surface area (Å²) in [5.74, 6) is 1.63. The monoisotopic (exact) mass is 371 g/mol. The van der Waals surface area contributed by atoms with E-state index in [2.05, 4.69) is 6.07 Å². The van der Waals surface area contributed by atoms with E-state index >= 15 is 0 Å². The summed E-state index contributed by atoms with van der Waals surface area (Å²) in [6.07, 6.45) is 2.86. The second kappa shape index (κ2) is 8.49. The van der Waals surface area contributed by atoms with Gasteiger partial charge in [-0.3, -0.25) is 4.79 Å². The van der Waals surface area contributed by atoms with E-state index < -0.39 is 0 Å². The molecule has 26 heavy (non-hydrogen) atoms. The van der Waals surface area contributed by atoms with Crippen LogP contribution in [0.1, 0.15) is 35.3 Å². The van der Waals surface area contributed by atoms with E-state index in [1.807, 2.05) is 55.3 Å². The number of hydrogen-bond acceptors (Lipinski definition) is 4. The molecule has 5 heteroatoms. The molecule has 0 N–H and O–H groups in total. The fraction of sp³-hybridized carbons (Fsp3) is 0.381. The molecule has 2 aromatic rings. The first-order valence-electron chi connectivity index (χ1n) is 9.01. The zero-order valence-electron chi connectivity index (χ0n) is 15.6. The highest BCUT2D eigenvalue weighted by molar-refractivity contribution is 7.98. The Hall–Kier alpha value is -2.14. The van der Waals surface area contributed by atoms with Crippen molar-refractivity contribution < 1.29 is 14.3 Å². The summed E-state index contributed by atoms with van der Waals surface area (Å²) in [4.78, 5) is 15.9. The molecule has 0 saturated heterocycles. The van der Waals surface area contributed by atoms with Crippen molar-refractivity contribution >= 4 is 17.7 Å². The third kappa shape index (κ3) is 3.98. The second-order valence-corrected chi connectivity index (χ2v) is 7.02. The largest absolute Gasteiger partial charge is 0.490 e. The number of thioether (sulfide) groups is 1. The smallest absolute Gasteiger partial charge is 0.254 e. The van der Waals surface area contributed by atoms with Gasteiger partial charge >= 0.3 is 0 Å². The highest BCUT2D eigenvalue weighted by atomic mass is 32.2. The van der Waals surface area contributed by atoms with Gasteiger partial charge in [0.2, 0.25) is 0 Å². The standard InChI is InChI=1S/C21H25NO3S/c1-4-24-19-12-16-10-11-22(14-17(16)13-20(19)25-5-2)21(23)15-6-8-18(26-3)9-7-15/h6-9,12-13H,4-5,10-11,14H2,1-3H3. The molecule has 0 spiro atoms. The molecule has 1 heterocycles. The Morgan fingerprint density at radius 3 is 2.23 bits per heavy atom. The zero-order chi connectivity index (χ0) is 18.5. The quantitative estimate of drug-likeness (QED) is 0.705.